The maximum atomic E-state index is 4.43. The lowest BCUT2D eigenvalue weighted by atomic mass is 10.1. The SMILES string of the molecule is CCCCCCCCCNCc1nc(C)cs1. The van der Waals surface area contributed by atoms with Crippen LogP contribution in [0.25, 0.3) is 0 Å². The number of thiazole rings is 1. The predicted octanol–water partition coefficient (Wildman–Crippen LogP) is 4.29. The molecule has 17 heavy (non-hydrogen) atoms. The van der Waals surface area contributed by atoms with Crippen molar-refractivity contribution in [3.05, 3.63) is 16.1 Å². The molecule has 1 rings (SSSR count). The van der Waals surface area contributed by atoms with Crippen molar-refractivity contribution in [1.82, 2.24) is 10.3 Å². The van der Waals surface area contributed by atoms with Gasteiger partial charge in [0.1, 0.15) is 5.01 Å². The van der Waals surface area contributed by atoms with Crippen LogP contribution in [0.4, 0.5) is 0 Å². The molecule has 1 N–H and O–H groups in total. The molecule has 2 nitrogen and oxygen atoms in total. The Labute approximate surface area is 110 Å². The average Bonchev–Trinajstić information content (AvgIpc) is 2.73. The number of hydrogen-bond donors (Lipinski definition) is 1. The molecule has 0 fully saturated rings. The summed E-state index contributed by atoms with van der Waals surface area (Å²) < 4.78 is 0. The average molecular weight is 254 g/mol. The Morgan fingerprint density at radius 3 is 2.47 bits per heavy atom. The van der Waals surface area contributed by atoms with Crippen molar-refractivity contribution in [3.63, 3.8) is 0 Å². The molecular weight excluding hydrogens is 228 g/mol. The number of aryl methyl sites for hydroxylation is 1. The minimum atomic E-state index is 0.939. The van der Waals surface area contributed by atoms with Gasteiger partial charge < -0.3 is 5.32 Å². The third-order valence-electron chi connectivity index (χ3n) is 2.90. The first-order valence-corrected chi connectivity index (χ1v) is 7.82. The van der Waals surface area contributed by atoms with Crippen LogP contribution in [0.5, 0.6) is 0 Å². The monoisotopic (exact) mass is 254 g/mol. The van der Waals surface area contributed by atoms with Gasteiger partial charge in [-0.1, -0.05) is 45.4 Å². The van der Waals surface area contributed by atoms with E-state index in [1.807, 2.05) is 0 Å². The Morgan fingerprint density at radius 1 is 1.12 bits per heavy atom. The lowest BCUT2D eigenvalue weighted by Crippen LogP contribution is -2.14. The van der Waals surface area contributed by atoms with Gasteiger partial charge in [-0.2, -0.15) is 0 Å². The smallest absolute Gasteiger partial charge is 0.107 e. The molecule has 0 aliphatic rings. The number of unbranched alkanes of at least 4 members (excludes halogenated alkanes) is 6. The molecule has 0 aliphatic carbocycles. The zero-order chi connectivity index (χ0) is 12.3. The van der Waals surface area contributed by atoms with Gasteiger partial charge in [-0.25, -0.2) is 4.98 Å². The van der Waals surface area contributed by atoms with Crippen molar-refractivity contribution in [2.45, 2.75) is 65.3 Å². The van der Waals surface area contributed by atoms with Crippen LogP contribution < -0.4 is 5.32 Å². The highest BCUT2D eigenvalue weighted by atomic mass is 32.1. The van der Waals surface area contributed by atoms with Crippen LogP contribution in [0.1, 0.15) is 62.6 Å². The third-order valence-corrected chi connectivity index (χ3v) is 3.87. The molecule has 0 unspecified atom stereocenters. The fourth-order valence-corrected chi connectivity index (χ4v) is 2.63. The second-order valence-electron chi connectivity index (χ2n) is 4.68. The molecule has 0 amide bonds. The first-order valence-electron chi connectivity index (χ1n) is 6.94. The van der Waals surface area contributed by atoms with E-state index in [2.05, 4.69) is 29.5 Å². The summed E-state index contributed by atoms with van der Waals surface area (Å²) in [4.78, 5) is 4.43. The fourth-order valence-electron chi connectivity index (χ4n) is 1.89. The van der Waals surface area contributed by atoms with E-state index in [1.165, 1.54) is 50.0 Å². The summed E-state index contributed by atoms with van der Waals surface area (Å²) in [5.41, 5.74) is 1.14. The maximum absolute atomic E-state index is 4.43. The Kier molecular flexibility index (Phi) is 8.28. The van der Waals surface area contributed by atoms with Gasteiger partial charge in [0.25, 0.3) is 0 Å². The Hall–Kier alpha value is -0.410. The third kappa shape index (κ3) is 7.50. The van der Waals surface area contributed by atoms with Gasteiger partial charge in [0, 0.05) is 17.6 Å². The lowest BCUT2D eigenvalue weighted by Gasteiger charge is -2.02. The Balaban J connectivity index is 1.84. The van der Waals surface area contributed by atoms with Crippen molar-refractivity contribution in [1.29, 1.82) is 0 Å². The molecule has 1 aromatic rings. The van der Waals surface area contributed by atoms with Crippen LogP contribution in [0.3, 0.4) is 0 Å². The van der Waals surface area contributed by atoms with E-state index in [0.29, 0.717) is 0 Å². The highest BCUT2D eigenvalue weighted by Crippen LogP contribution is 2.08. The van der Waals surface area contributed by atoms with Crippen LogP contribution in [0.2, 0.25) is 0 Å². The molecule has 0 aromatic carbocycles. The van der Waals surface area contributed by atoms with E-state index in [0.717, 1.165) is 18.8 Å². The predicted molar refractivity (Wildman–Crippen MR) is 76.6 cm³/mol. The molecule has 0 bridgehead atoms. The van der Waals surface area contributed by atoms with Crippen molar-refractivity contribution < 1.29 is 0 Å². The first kappa shape index (κ1) is 14.7. The van der Waals surface area contributed by atoms with Crippen molar-refractivity contribution in [2.75, 3.05) is 6.54 Å². The standard InChI is InChI=1S/C14H26N2S/c1-3-4-5-6-7-8-9-10-15-11-14-16-13(2)12-17-14/h12,15H,3-11H2,1-2H3. The molecular formula is C14H26N2S. The molecule has 0 aliphatic heterocycles. The summed E-state index contributed by atoms with van der Waals surface area (Å²) in [5, 5.41) is 6.79. The number of hydrogen-bond acceptors (Lipinski definition) is 3. The zero-order valence-electron chi connectivity index (χ0n) is 11.3. The van der Waals surface area contributed by atoms with E-state index in [9.17, 15) is 0 Å². The quantitative estimate of drug-likeness (QED) is 0.630. The maximum Gasteiger partial charge on any atom is 0.107 e. The van der Waals surface area contributed by atoms with Crippen LogP contribution in [0, 0.1) is 6.92 Å². The van der Waals surface area contributed by atoms with Gasteiger partial charge in [-0.3, -0.25) is 0 Å². The van der Waals surface area contributed by atoms with Gasteiger partial charge in [0.2, 0.25) is 0 Å². The second-order valence-corrected chi connectivity index (χ2v) is 5.62. The molecule has 1 heterocycles. The van der Waals surface area contributed by atoms with Gasteiger partial charge in [0.05, 0.1) is 0 Å². The molecule has 0 saturated heterocycles. The number of nitrogens with zero attached hydrogens (tertiary/aromatic N) is 1. The van der Waals surface area contributed by atoms with Crippen LogP contribution in [-0.2, 0) is 6.54 Å². The summed E-state index contributed by atoms with van der Waals surface area (Å²) in [7, 11) is 0. The summed E-state index contributed by atoms with van der Waals surface area (Å²) in [6, 6.07) is 0. The topological polar surface area (TPSA) is 24.9 Å². The molecule has 98 valence electrons. The first-order chi connectivity index (χ1) is 8.33. The van der Waals surface area contributed by atoms with Crippen LogP contribution in [-0.4, -0.2) is 11.5 Å². The van der Waals surface area contributed by atoms with E-state index in [1.54, 1.807) is 11.3 Å². The van der Waals surface area contributed by atoms with E-state index in [-0.39, 0.29) is 0 Å². The van der Waals surface area contributed by atoms with Crippen molar-refractivity contribution >= 4 is 11.3 Å². The molecule has 1 aromatic heterocycles. The highest BCUT2D eigenvalue weighted by molar-refractivity contribution is 7.09. The number of aromatic nitrogens is 1. The minimum absolute atomic E-state index is 0.939. The van der Waals surface area contributed by atoms with Crippen molar-refractivity contribution in [2.24, 2.45) is 0 Å². The lowest BCUT2D eigenvalue weighted by molar-refractivity contribution is 0.562. The highest BCUT2D eigenvalue weighted by Gasteiger charge is 1.97. The van der Waals surface area contributed by atoms with E-state index >= 15 is 0 Å². The molecule has 0 atom stereocenters. The van der Waals surface area contributed by atoms with Gasteiger partial charge in [0.15, 0.2) is 0 Å². The van der Waals surface area contributed by atoms with Crippen molar-refractivity contribution in [3.8, 4) is 0 Å². The summed E-state index contributed by atoms with van der Waals surface area (Å²) in [5.74, 6) is 0. The fraction of sp³-hybridized carbons (Fsp3) is 0.786. The zero-order valence-corrected chi connectivity index (χ0v) is 12.1. The Bertz CT molecular complexity index is 284. The van der Waals surface area contributed by atoms with E-state index < -0.39 is 0 Å². The van der Waals surface area contributed by atoms with Gasteiger partial charge >= 0.3 is 0 Å². The Morgan fingerprint density at radius 2 is 1.82 bits per heavy atom. The second kappa shape index (κ2) is 9.60. The molecule has 0 radical (unpaired) electrons. The molecule has 0 spiro atoms. The largest absolute Gasteiger partial charge is 0.310 e. The van der Waals surface area contributed by atoms with Gasteiger partial charge in [-0.15, -0.1) is 11.3 Å². The summed E-state index contributed by atoms with van der Waals surface area (Å²) in [6.07, 6.45) is 9.65. The number of rotatable bonds is 10. The summed E-state index contributed by atoms with van der Waals surface area (Å²) in [6.45, 7) is 6.39. The molecule has 3 heteroatoms. The van der Waals surface area contributed by atoms with E-state index in [4.69, 9.17) is 0 Å². The van der Waals surface area contributed by atoms with Gasteiger partial charge in [-0.05, 0) is 19.9 Å². The number of nitrogens with one attached hydrogen (secondary N) is 1. The van der Waals surface area contributed by atoms with Crippen LogP contribution >= 0.6 is 11.3 Å². The van der Waals surface area contributed by atoms with Crippen LogP contribution in [0.15, 0.2) is 5.38 Å². The molecule has 0 saturated carbocycles. The normalized spacial score (nSPS) is 10.9. The minimum Gasteiger partial charge on any atom is -0.310 e. The summed E-state index contributed by atoms with van der Waals surface area (Å²) >= 11 is 1.75.